The summed E-state index contributed by atoms with van der Waals surface area (Å²) >= 11 is 0. The molecule has 0 amide bonds. The van der Waals surface area contributed by atoms with Crippen LogP contribution in [0.4, 0.5) is 10.1 Å². The van der Waals surface area contributed by atoms with Crippen LogP contribution in [0.3, 0.4) is 0 Å². The van der Waals surface area contributed by atoms with Crippen molar-refractivity contribution in [1.29, 1.82) is 0 Å². The Bertz CT molecular complexity index is 506. The molecule has 0 radical (unpaired) electrons. The number of Topliss-reactive ketones (excluding diaryl/α,β-unsaturated/α-hetero) is 1. The van der Waals surface area contributed by atoms with E-state index in [0.29, 0.717) is 0 Å². The quantitative estimate of drug-likeness (QED) is 0.637. The zero-order valence-electron chi connectivity index (χ0n) is 8.44. The molecular formula is C12H10FNO2. The molecule has 4 heteroatoms. The summed E-state index contributed by atoms with van der Waals surface area (Å²) in [6.45, 7) is 0. The number of halogens is 1. The van der Waals surface area contributed by atoms with E-state index in [0.717, 1.165) is 5.56 Å². The molecule has 2 N–H and O–H groups in total. The first kappa shape index (κ1) is 10.4. The van der Waals surface area contributed by atoms with Crippen LogP contribution in [-0.4, -0.2) is 5.78 Å². The molecule has 1 aromatic carbocycles. The summed E-state index contributed by atoms with van der Waals surface area (Å²) in [6.07, 6.45) is 3.12. The zero-order chi connectivity index (χ0) is 11.5. The fourth-order valence-corrected chi connectivity index (χ4v) is 1.45. The summed E-state index contributed by atoms with van der Waals surface area (Å²) in [5, 5.41) is 0. The van der Waals surface area contributed by atoms with Crippen LogP contribution in [0.1, 0.15) is 15.9 Å². The highest BCUT2D eigenvalue weighted by Gasteiger charge is 2.13. The number of carbonyl (C=O) groups excluding carboxylic acids is 1. The second kappa shape index (κ2) is 4.18. The highest BCUT2D eigenvalue weighted by molar-refractivity contribution is 6.01. The van der Waals surface area contributed by atoms with Gasteiger partial charge in [0.2, 0.25) is 0 Å². The molecular weight excluding hydrogens is 209 g/mol. The number of carbonyl (C=O) groups is 1. The van der Waals surface area contributed by atoms with Crippen LogP contribution >= 0.6 is 0 Å². The van der Waals surface area contributed by atoms with Gasteiger partial charge in [0.05, 0.1) is 18.2 Å². The molecule has 0 bridgehead atoms. The van der Waals surface area contributed by atoms with Gasteiger partial charge in [0.1, 0.15) is 5.82 Å². The van der Waals surface area contributed by atoms with Gasteiger partial charge in [0, 0.05) is 12.0 Å². The Kier molecular flexibility index (Phi) is 2.72. The molecule has 0 aliphatic carbocycles. The summed E-state index contributed by atoms with van der Waals surface area (Å²) in [7, 11) is 0. The first-order valence-corrected chi connectivity index (χ1v) is 4.76. The summed E-state index contributed by atoms with van der Waals surface area (Å²) in [5.74, 6) is -0.795. The fraction of sp³-hybridized carbons (Fsp3) is 0.0833. The van der Waals surface area contributed by atoms with E-state index < -0.39 is 5.82 Å². The number of para-hydroxylation sites is 1. The Morgan fingerprint density at radius 2 is 2.19 bits per heavy atom. The second-order valence-electron chi connectivity index (χ2n) is 3.43. The van der Waals surface area contributed by atoms with Gasteiger partial charge in [-0.15, -0.1) is 0 Å². The van der Waals surface area contributed by atoms with Gasteiger partial charge < -0.3 is 10.2 Å². The maximum absolute atomic E-state index is 13.1. The van der Waals surface area contributed by atoms with Crippen LogP contribution in [0.25, 0.3) is 0 Å². The highest BCUT2D eigenvalue weighted by atomic mass is 19.1. The fourth-order valence-electron chi connectivity index (χ4n) is 1.45. The Morgan fingerprint density at radius 1 is 1.38 bits per heavy atom. The predicted molar refractivity (Wildman–Crippen MR) is 57.6 cm³/mol. The lowest BCUT2D eigenvalue weighted by molar-refractivity contribution is 0.0993. The number of rotatable bonds is 3. The minimum Gasteiger partial charge on any atom is -0.472 e. The van der Waals surface area contributed by atoms with Crippen LogP contribution in [0.15, 0.2) is 41.2 Å². The lowest BCUT2D eigenvalue weighted by Gasteiger charge is -2.04. The van der Waals surface area contributed by atoms with Crippen molar-refractivity contribution in [3.8, 4) is 0 Å². The summed E-state index contributed by atoms with van der Waals surface area (Å²) < 4.78 is 18.0. The smallest absolute Gasteiger partial charge is 0.169 e. The van der Waals surface area contributed by atoms with Gasteiger partial charge in [0.25, 0.3) is 0 Å². The van der Waals surface area contributed by atoms with Crippen LogP contribution in [0.2, 0.25) is 0 Å². The van der Waals surface area contributed by atoms with E-state index in [1.807, 2.05) is 0 Å². The van der Waals surface area contributed by atoms with Crippen molar-refractivity contribution in [2.45, 2.75) is 6.42 Å². The maximum atomic E-state index is 13.1. The van der Waals surface area contributed by atoms with E-state index in [4.69, 9.17) is 10.2 Å². The Labute approximate surface area is 91.7 Å². The first-order chi connectivity index (χ1) is 7.68. The topological polar surface area (TPSA) is 56.2 Å². The second-order valence-corrected chi connectivity index (χ2v) is 3.43. The number of ketones is 1. The monoisotopic (exact) mass is 219 g/mol. The van der Waals surface area contributed by atoms with E-state index in [1.165, 1.54) is 30.7 Å². The van der Waals surface area contributed by atoms with Gasteiger partial charge in [-0.3, -0.25) is 4.79 Å². The minimum absolute atomic E-state index is 0.101. The van der Waals surface area contributed by atoms with Crippen molar-refractivity contribution in [2.75, 3.05) is 5.73 Å². The van der Waals surface area contributed by atoms with E-state index in [1.54, 1.807) is 6.07 Å². The third-order valence-electron chi connectivity index (χ3n) is 2.30. The number of hydrogen-bond donors (Lipinski definition) is 1. The largest absolute Gasteiger partial charge is 0.472 e. The average Bonchev–Trinajstić information content (AvgIpc) is 2.74. The summed E-state index contributed by atoms with van der Waals surface area (Å²) in [5.41, 5.74) is 6.35. The van der Waals surface area contributed by atoms with Gasteiger partial charge in [-0.2, -0.15) is 0 Å². The van der Waals surface area contributed by atoms with Gasteiger partial charge in [-0.1, -0.05) is 6.07 Å². The minimum atomic E-state index is -0.571. The molecule has 0 saturated heterocycles. The molecule has 0 atom stereocenters. The van der Waals surface area contributed by atoms with Crippen molar-refractivity contribution in [3.05, 3.63) is 53.7 Å². The number of hydrogen-bond acceptors (Lipinski definition) is 3. The Hall–Kier alpha value is -2.10. The summed E-state index contributed by atoms with van der Waals surface area (Å²) in [6, 6.07) is 5.90. The van der Waals surface area contributed by atoms with Gasteiger partial charge in [0.15, 0.2) is 5.78 Å². The van der Waals surface area contributed by atoms with Crippen molar-refractivity contribution in [1.82, 2.24) is 0 Å². The van der Waals surface area contributed by atoms with Gasteiger partial charge in [-0.25, -0.2) is 4.39 Å². The molecule has 2 aromatic rings. The van der Waals surface area contributed by atoms with Crippen LogP contribution in [0, 0.1) is 5.82 Å². The highest BCUT2D eigenvalue weighted by Crippen LogP contribution is 2.18. The molecule has 82 valence electrons. The van der Waals surface area contributed by atoms with Crippen LogP contribution in [0.5, 0.6) is 0 Å². The Morgan fingerprint density at radius 3 is 2.88 bits per heavy atom. The van der Waals surface area contributed by atoms with E-state index in [-0.39, 0.29) is 23.5 Å². The number of nitrogen functional groups attached to an aromatic ring is 1. The first-order valence-electron chi connectivity index (χ1n) is 4.76. The standard InChI is InChI=1S/C12H10FNO2/c13-10-3-1-2-9(12(10)14)11(15)6-8-4-5-16-7-8/h1-5,7H,6,14H2. The zero-order valence-corrected chi connectivity index (χ0v) is 8.44. The van der Waals surface area contributed by atoms with Crippen molar-refractivity contribution in [3.63, 3.8) is 0 Å². The Balaban J connectivity index is 2.24. The number of nitrogens with two attached hydrogens (primary N) is 1. The van der Waals surface area contributed by atoms with Crippen molar-refractivity contribution >= 4 is 11.5 Å². The average molecular weight is 219 g/mol. The van der Waals surface area contributed by atoms with Crippen LogP contribution in [-0.2, 0) is 6.42 Å². The van der Waals surface area contributed by atoms with Crippen molar-refractivity contribution < 1.29 is 13.6 Å². The number of furan rings is 1. The molecule has 0 aliphatic rings. The van der Waals surface area contributed by atoms with E-state index >= 15 is 0 Å². The van der Waals surface area contributed by atoms with Crippen LogP contribution < -0.4 is 5.73 Å². The lowest BCUT2D eigenvalue weighted by Crippen LogP contribution is -2.07. The van der Waals surface area contributed by atoms with E-state index in [9.17, 15) is 9.18 Å². The van der Waals surface area contributed by atoms with Gasteiger partial charge in [-0.05, 0) is 23.8 Å². The van der Waals surface area contributed by atoms with Gasteiger partial charge >= 0.3 is 0 Å². The number of benzene rings is 1. The molecule has 2 rings (SSSR count). The SMILES string of the molecule is Nc1c(F)cccc1C(=O)Cc1ccoc1. The molecule has 0 unspecified atom stereocenters. The molecule has 1 aromatic heterocycles. The lowest BCUT2D eigenvalue weighted by atomic mass is 10.0. The molecule has 3 nitrogen and oxygen atoms in total. The van der Waals surface area contributed by atoms with Crippen molar-refractivity contribution in [2.24, 2.45) is 0 Å². The normalized spacial score (nSPS) is 10.3. The summed E-state index contributed by atoms with van der Waals surface area (Å²) in [4.78, 5) is 11.8. The molecule has 1 heterocycles. The third kappa shape index (κ3) is 1.95. The molecule has 16 heavy (non-hydrogen) atoms. The predicted octanol–water partition coefficient (Wildman–Crippen LogP) is 2.43. The number of anilines is 1. The molecule has 0 aliphatic heterocycles. The third-order valence-corrected chi connectivity index (χ3v) is 2.30. The molecule has 0 fully saturated rings. The maximum Gasteiger partial charge on any atom is 0.169 e. The molecule has 0 spiro atoms. The molecule has 0 saturated carbocycles. The van der Waals surface area contributed by atoms with E-state index in [2.05, 4.69) is 0 Å².